The number of aliphatic hydroxyl groups is 15. The minimum absolute atomic E-state index is 0.0185. The molecule has 1 aliphatic carbocycles. The molecular weight excluding hydrogens is 1350 g/mol. The van der Waals surface area contributed by atoms with Crippen molar-refractivity contribution in [1.29, 1.82) is 0 Å². The fourth-order valence-corrected chi connectivity index (χ4v) is 10.7. The standard InChI is InChI=1S/C43H59NO10.C37H62N2O12/c1-30(24-20-16-12-8-5-6-11-15-19-23-27-37(48)44-38-35(46)28-29-36(38)47)39(49)32(3)34(45)26-22-18-14-10-7-9-13-17-21-25-31(2)53-43-42(52)41(51)40(50)33(4)54-43;1-23(2)35(50)22-34(49)21-33(48)19-29(44)9-4-8-28(43)18-32(47)20-31(46)17-27(42)7-3-6-26(41)16-30(45)10-5-15-39-37(51)36(38)24-11-13-25(40)14-12-24/h5-11,13-15,17-24,26-27,30-34,39-43,45-46,49-52H,12,16,25,28-29H2,1-4H3,(H,44,48);3-4,7,9,11-14,23,26-34,36,40-49H,5-6,8,10,15-22,38H2,1-2H3,(H,39,51)/b8-5+,10-7+,11-6+,13-9+,18-14+,19-15+,21-17+,24-20+,26-22+,27-23+;7-3+,9-4+. The number of unbranched alkanes of at least 4 members (excludes halogenated alkanes) is 1. The number of amides is 2. The molecule has 3 rings (SSSR count). The van der Waals surface area contributed by atoms with E-state index in [1.54, 1.807) is 69.4 Å². The van der Waals surface area contributed by atoms with Gasteiger partial charge in [0.15, 0.2) is 12.1 Å². The Morgan fingerprint density at radius 1 is 0.571 bits per heavy atom. The number of hydrogen-bond donors (Lipinski definition) is 19. The van der Waals surface area contributed by atoms with E-state index >= 15 is 0 Å². The molecule has 25 nitrogen and oxygen atoms in total. The summed E-state index contributed by atoms with van der Waals surface area (Å²) in [5, 5.41) is 167. The lowest BCUT2D eigenvalue weighted by molar-refractivity contribution is -0.302. The Kier molecular flexibility index (Phi) is 48.2. The average molecular weight is 1480 g/mol. The molecule has 2 aliphatic rings. The van der Waals surface area contributed by atoms with Crippen molar-refractivity contribution in [2.45, 2.75) is 254 Å². The Labute approximate surface area is 618 Å². The van der Waals surface area contributed by atoms with E-state index in [0.29, 0.717) is 24.8 Å². The van der Waals surface area contributed by atoms with Gasteiger partial charge in [0, 0.05) is 62.5 Å². The third-order valence-corrected chi connectivity index (χ3v) is 17.1. The third-order valence-electron chi connectivity index (χ3n) is 17.1. The van der Waals surface area contributed by atoms with E-state index in [2.05, 4.69) is 10.6 Å². The molecule has 0 aromatic heterocycles. The van der Waals surface area contributed by atoms with Crippen LogP contribution >= 0.6 is 0 Å². The fourth-order valence-electron chi connectivity index (χ4n) is 10.7. The van der Waals surface area contributed by atoms with Gasteiger partial charge in [0.1, 0.15) is 47.3 Å². The lowest BCUT2D eigenvalue weighted by atomic mass is 9.88. The van der Waals surface area contributed by atoms with Crippen molar-refractivity contribution in [2.75, 3.05) is 6.54 Å². The first-order valence-corrected chi connectivity index (χ1v) is 36.2. The molecule has 1 aliphatic heterocycles. The lowest BCUT2D eigenvalue weighted by Gasteiger charge is -2.39. The zero-order valence-corrected chi connectivity index (χ0v) is 61.5. The first kappa shape index (κ1) is 94.1. The van der Waals surface area contributed by atoms with Gasteiger partial charge in [-0.15, -0.1) is 0 Å². The maximum absolute atomic E-state index is 12.2. The average Bonchev–Trinajstić information content (AvgIpc) is 1.32. The molecule has 2 amide bonds. The molecule has 588 valence electrons. The number of ether oxygens (including phenoxy) is 2. The highest BCUT2D eigenvalue weighted by molar-refractivity contribution is 6.03. The van der Waals surface area contributed by atoms with Crippen LogP contribution in [0.1, 0.15) is 156 Å². The van der Waals surface area contributed by atoms with Gasteiger partial charge in [-0.25, -0.2) is 0 Å². The smallest absolute Gasteiger partial charge is 0.248 e. The largest absolute Gasteiger partial charge is 0.510 e. The van der Waals surface area contributed by atoms with Crippen molar-refractivity contribution in [3.05, 3.63) is 187 Å². The highest BCUT2D eigenvalue weighted by Crippen LogP contribution is 2.25. The number of hydrogen-bond acceptors (Lipinski definition) is 23. The minimum atomic E-state index is -1.32. The summed E-state index contributed by atoms with van der Waals surface area (Å²) in [4.78, 5) is 47.4. The molecule has 1 aromatic carbocycles. The summed E-state index contributed by atoms with van der Waals surface area (Å²) in [6.07, 6.45) is 29.2. The number of carbonyl (C=O) groups is 4. The summed E-state index contributed by atoms with van der Waals surface area (Å²) < 4.78 is 11.1. The summed E-state index contributed by atoms with van der Waals surface area (Å²) in [5.41, 5.74) is 6.46. The second kappa shape index (κ2) is 53.8. The van der Waals surface area contributed by atoms with E-state index in [9.17, 15) is 101 Å². The molecule has 0 bridgehead atoms. The van der Waals surface area contributed by atoms with Crippen LogP contribution in [-0.4, -0.2) is 216 Å². The van der Waals surface area contributed by atoms with Crippen molar-refractivity contribution < 1.29 is 110 Å². The number of ketones is 2. The molecule has 25 heteroatoms. The van der Waals surface area contributed by atoms with Gasteiger partial charge >= 0.3 is 0 Å². The SMILES string of the molecule is CC(C)C(=O)CC(O)CC(O)CC(O)/C=C/CC(O)CC(O)CC(O)CC(O)/C=C/CC(O)CC(O)CCCNC(=O)C(N)c1ccc(O)cc1.CC(C/C=C/C=C/C=C/C=C/C=C/C(O)C(C)C(O)C(C)/C=C/CC/C=C/C=C/C=C/C=C/C(=O)NC1=C(O)CCC1=O)OC1OC(C)C(O)C(O)C1O. The van der Waals surface area contributed by atoms with Gasteiger partial charge in [-0.05, 0) is 102 Å². The number of nitrogens with two attached hydrogens (primary N) is 1. The number of aliphatic hydroxyl groups excluding tert-OH is 15. The number of phenols is 1. The monoisotopic (exact) mass is 1480 g/mol. The molecule has 105 heavy (non-hydrogen) atoms. The molecule has 1 saturated heterocycles. The Hall–Kier alpha value is -6.96. The number of allylic oxidation sites excluding steroid dienone is 18. The topological polar surface area (TPSA) is 461 Å². The summed E-state index contributed by atoms with van der Waals surface area (Å²) in [5.74, 6) is -1.97. The van der Waals surface area contributed by atoms with Gasteiger partial charge in [-0.1, -0.05) is 180 Å². The predicted molar refractivity (Wildman–Crippen MR) is 402 cm³/mol. The number of nitrogens with one attached hydrogen (secondary N) is 2. The normalized spacial score (nSPS) is 22.3. The van der Waals surface area contributed by atoms with Gasteiger partial charge in [0.25, 0.3) is 0 Å². The second-order valence-electron chi connectivity index (χ2n) is 27.1. The predicted octanol–water partition coefficient (Wildman–Crippen LogP) is 5.58. The first-order valence-electron chi connectivity index (χ1n) is 36.2. The summed E-state index contributed by atoms with van der Waals surface area (Å²) >= 11 is 0. The van der Waals surface area contributed by atoms with Crippen LogP contribution in [0.3, 0.4) is 0 Å². The van der Waals surface area contributed by atoms with Crippen LogP contribution in [0.25, 0.3) is 0 Å². The molecule has 1 heterocycles. The zero-order valence-electron chi connectivity index (χ0n) is 61.5. The molecular formula is C80H121N3O22. The van der Waals surface area contributed by atoms with Crippen molar-refractivity contribution in [3.8, 4) is 5.75 Å². The Balaban J connectivity index is 0.000000715. The molecule has 0 saturated carbocycles. The summed E-state index contributed by atoms with van der Waals surface area (Å²) in [6.45, 7) is 10.9. The number of benzene rings is 1. The molecule has 20 unspecified atom stereocenters. The number of aromatic hydroxyl groups is 1. The van der Waals surface area contributed by atoms with Crippen LogP contribution in [0.15, 0.2) is 182 Å². The van der Waals surface area contributed by atoms with E-state index in [-0.39, 0.29) is 136 Å². The van der Waals surface area contributed by atoms with Crippen molar-refractivity contribution in [1.82, 2.24) is 10.6 Å². The van der Waals surface area contributed by atoms with E-state index in [4.69, 9.17) is 15.2 Å². The van der Waals surface area contributed by atoms with Crippen LogP contribution < -0.4 is 16.4 Å². The van der Waals surface area contributed by atoms with Gasteiger partial charge in [-0.3, -0.25) is 19.2 Å². The highest BCUT2D eigenvalue weighted by atomic mass is 16.7. The molecule has 20 atom stereocenters. The summed E-state index contributed by atoms with van der Waals surface area (Å²) in [7, 11) is 0. The highest BCUT2D eigenvalue weighted by Gasteiger charge is 2.43. The van der Waals surface area contributed by atoms with Crippen molar-refractivity contribution >= 4 is 23.4 Å². The van der Waals surface area contributed by atoms with E-state index < -0.39 is 110 Å². The van der Waals surface area contributed by atoms with Crippen LogP contribution in [0, 0.1) is 17.8 Å². The first-order chi connectivity index (χ1) is 49.8. The molecule has 20 N–H and O–H groups in total. The van der Waals surface area contributed by atoms with Crippen LogP contribution in [0.4, 0.5) is 0 Å². The zero-order chi connectivity index (χ0) is 78.4. The molecule has 0 spiro atoms. The summed E-state index contributed by atoms with van der Waals surface area (Å²) in [6, 6.07) is 5.11. The van der Waals surface area contributed by atoms with Crippen LogP contribution in [0.2, 0.25) is 0 Å². The van der Waals surface area contributed by atoms with Crippen molar-refractivity contribution in [2.24, 2.45) is 23.5 Å². The third kappa shape index (κ3) is 42.2. The number of carbonyl (C=O) groups excluding carboxylic acids is 4. The van der Waals surface area contributed by atoms with Gasteiger partial charge in [0.05, 0.1) is 79.4 Å². The maximum Gasteiger partial charge on any atom is 0.248 e. The van der Waals surface area contributed by atoms with E-state index in [1.165, 1.54) is 42.5 Å². The molecule has 0 radical (unpaired) electrons. The van der Waals surface area contributed by atoms with Crippen LogP contribution in [0.5, 0.6) is 5.75 Å². The fraction of sp³-hybridized carbons (Fsp3) is 0.550. The lowest BCUT2D eigenvalue weighted by Crippen LogP contribution is -2.57. The Morgan fingerprint density at radius 3 is 1.66 bits per heavy atom. The second-order valence-corrected chi connectivity index (χ2v) is 27.1. The Bertz CT molecular complexity index is 3060. The van der Waals surface area contributed by atoms with E-state index in [1.807, 2.05) is 99.8 Å². The molecule has 1 aromatic rings. The number of Topliss-reactive ketones (excluding diaryl/α,β-unsaturated/α-hetero) is 2. The van der Waals surface area contributed by atoms with E-state index in [0.717, 1.165) is 12.8 Å². The number of rotatable bonds is 48. The Morgan fingerprint density at radius 2 is 1.09 bits per heavy atom. The quantitative estimate of drug-likeness (QED) is 0.0164. The molecule has 1 fully saturated rings. The van der Waals surface area contributed by atoms with Gasteiger partial charge in [-0.2, -0.15) is 0 Å². The minimum Gasteiger partial charge on any atom is -0.510 e. The van der Waals surface area contributed by atoms with Crippen LogP contribution in [-0.2, 0) is 28.7 Å². The number of phenolic OH excluding ortho intramolecular Hbond substituents is 1. The van der Waals surface area contributed by atoms with Gasteiger partial charge < -0.3 is 108 Å². The van der Waals surface area contributed by atoms with Gasteiger partial charge in [0.2, 0.25) is 11.8 Å². The van der Waals surface area contributed by atoms with Crippen molar-refractivity contribution in [3.63, 3.8) is 0 Å². The maximum atomic E-state index is 12.2.